The second kappa shape index (κ2) is 10.6. The van der Waals surface area contributed by atoms with Gasteiger partial charge in [0.15, 0.2) is 5.82 Å². The van der Waals surface area contributed by atoms with Crippen molar-refractivity contribution in [1.29, 1.82) is 0 Å². The normalized spacial score (nSPS) is 12.9. The number of hydrogen-bond donors (Lipinski definition) is 1. The molecule has 0 aliphatic rings. The summed E-state index contributed by atoms with van der Waals surface area (Å²) in [5.41, 5.74) is 2.78. The highest BCUT2D eigenvalue weighted by atomic mass is 35.5. The lowest BCUT2D eigenvalue weighted by Crippen LogP contribution is -2.38. The number of pyridine rings is 1. The number of benzene rings is 2. The van der Waals surface area contributed by atoms with Gasteiger partial charge in [0.2, 0.25) is 0 Å². The molecule has 5 rings (SSSR count). The molecule has 0 saturated carbocycles. The Morgan fingerprint density at radius 2 is 1.92 bits per heavy atom. The molecule has 0 saturated heterocycles. The van der Waals surface area contributed by atoms with Gasteiger partial charge >= 0.3 is 0 Å². The summed E-state index contributed by atoms with van der Waals surface area (Å²) >= 11 is 6.62. The van der Waals surface area contributed by atoms with Gasteiger partial charge in [-0.2, -0.15) is 0 Å². The van der Waals surface area contributed by atoms with Crippen molar-refractivity contribution >= 4 is 22.5 Å². The summed E-state index contributed by atoms with van der Waals surface area (Å²) in [6.07, 6.45) is 2.45. The fourth-order valence-corrected chi connectivity index (χ4v) is 4.87. The molecule has 9 heteroatoms. The number of nitrogens with zero attached hydrogens (tertiary/aromatic N) is 5. The van der Waals surface area contributed by atoms with E-state index in [0.29, 0.717) is 29.5 Å². The number of fused-ring (bicyclic) bond motifs is 1. The highest BCUT2D eigenvalue weighted by molar-refractivity contribution is 6.31. The van der Waals surface area contributed by atoms with Gasteiger partial charge in [0, 0.05) is 22.6 Å². The van der Waals surface area contributed by atoms with Crippen molar-refractivity contribution in [2.75, 3.05) is 0 Å². The standard InChI is InChI=1S/C29H31ClN6O2/c1-5-29(3,4)36-27(32-33-34-36)26(23-16-21-15-19(2)12-13-25(21)31-28(23)37)35(18-22-10-8-14-38-22)17-20-9-6-7-11-24(20)30/h6-16,26H,5,17-18H2,1-4H3,(H,31,37)/t26-/m0/s1. The van der Waals surface area contributed by atoms with Crippen molar-refractivity contribution in [2.45, 2.75) is 58.8 Å². The number of hydrogen-bond acceptors (Lipinski definition) is 6. The molecule has 1 atom stereocenters. The zero-order chi connectivity index (χ0) is 26.9. The number of aryl methyl sites for hydroxylation is 1. The van der Waals surface area contributed by atoms with E-state index in [0.717, 1.165) is 34.2 Å². The van der Waals surface area contributed by atoms with Gasteiger partial charge in [0.05, 0.1) is 18.3 Å². The second-order valence-corrected chi connectivity index (χ2v) is 10.6. The number of nitrogens with one attached hydrogen (secondary N) is 1. The SMILES string of the molecule is CCC(C)(C)n1nnnc1[C@H](c1cc2cc(C)ccc2[nH]c1=O)N(Cc1ccco1)Cc1ccccc1Cl. The first-order valence-electron chi connectivity index (χ1n) is 12.7. The van der Waals surface area contributed by atoms with Crippen LogP contribution in [0.25, 0.3) is 10.9 Å². The Morgan fingerprint density at radius 1 is 1.11 bits per heavy atom. The Kier molecular flexibility index (Phi) is 7.19. The van der Waals surface area contributed by atoms with Crippen LogP contribution in [-0.4, -0.2) is 30.1 Å². The molecule has 0 fully saturated rings. The molecule has 0 radical (unpaired) electrons. The van der Waals surface area contributed by atoms with Crippen molar-refractivity contribution in [1.82, 2.24) is 30.1 Å². The highest BCUT2D eigenvalue weighted by Gasteiger charge is 2.35. The molecule has 0 bridgehead atoms. The quantitative estimate of drug-likeness (QED) is 0.251. The molecule has 3 heterocycles. The van der Waals surface area contributed by atoms with Gasteiger partial charge in [-0.15, -0.1) is 5.10 Å². The fourth-order valence-electron chi connectivity index (χ4n) is 4.68. The Morgan fingerprint density at radius 3 is 2.66 bits per heavy atom. The minimum absolute atomic E-state index is 0.196. The van der Waals surface area contributed by atoms with Gasteiger partial charge in [-0.25, -0.2) is 4.68 Å². The molecule has 0 aliphatic heterocycles. The molecule has 3 aromatic heterocycles. The number of aromatic amines is 1. The smallest absolute Gasteiger partial charge is 0.253 e. The summed E-state index contributed by atoms with van der Waals surface area (Å²) in [4.78, 5) is 18.9. The van der Waals surface area contributed by atoms with Crippen LogP contribution in [0.15, 0.2) is 76.1 Å². The number of furan rings is 1. The first kappa shape index (κ1) is 25.9. The molecule has 0 spiro atoms. The van der Waals surface area contributed by atoms with E-state index in [1.165, 1.54) is 0 Å². The predicted molar refractivity (Wildman–Crippen MR) is 148 cm³/mol. The highest BCUT2D eigenvalue weighted by Crippen LogP contribution is 2.33. The van der Waals surface area contributed by atoms with Crippen molar-refractivity contribution in [3.63, 3.8) is 0 Å². The Labute approximate surface area is 226 Å². The summed E-state index contributed by atoms with van der Waals surface area (Å²) in [5, 5.41) is 14.5. The first-order chi connectivity index (χ1) is 18.3. The maximum Gasteiger partial charge on any atom is 0.253 e. The van der Waals surface area contributed by atoms with Crippen LogP contribution in [0, 0.1) is 6.92 Å². The van der Waals surface area contributed by atoms with Crippen LogP contribution in [-0.2, 0) is 18.6 Å². The summed E-state index contributed by atoms with van der Waals surface area (Å²) in [5.74, 6) is 1.33. The Hall–Kier alpha value is -3.75. The van der Waals surface area contributed by atoms with E-state index in [4.69, 9.17) is 16.0 Å². The molecule has 38 heavy (non-hydrogen) atoms. The number of halogens is 1. The maximum atomic E-state index is 13.7. The molecule has 2 aromatic carbocycles. The van der Waals surface area contributed by atoms with Gasteiger partial charge in [-0.05, 0) is 85.0 Å². The molecule has 8 nitrogen and oxygen atoms in total. The van der Waals surface area contributed by atoms with Gasteiger partial charge in [0.1, 0.15) is 11.8 Å². The summed E-state index contributed by atoms with van der Waals surface area (Å²) in [6, 6.07) is 18.8. The monoisotopic (exact) mass is 530 g/mol. The second-order valence-electron chi connectivity index (χ2n) is 10.2. The molecular formula is C29H31ClN6O2. The lowest BCUT2D eigenvalue weighted by atomic mass is 9.98. The fraction of sp³-hybridized carbons (Fsp3) is 0.310. The lowest BCUT2D eigenvalue weighted by Gasteiger charge is -2.33. The van der Waals surface area contributed by atoms with Gasteiger partial charge < -0.3 is 9.40 Å². The summed E-state index contributed by atoms with van der Waals surface area (Å²) < 4.78 is 7.58. The topological polar surface area (TPSA) is 92.8 Å². The number of tetrazole rings is 1. The van der Waals surface area contributed by atoms with Gasteiger partial charge in [-0.3, -0.25) is 9.69 Å². The third-order valence-corrected chi connectivity index (χ3v) is 7.50. The summed E-state index contributed by atoms with van der Waals surface area (Å²) in [7, 11) is 0. The molecule has 5 aromatic rings. The third kappa shape index (κ3) is 5.14. The Balaban J connectivity index is 1.75. The summed E-state index contributed by atoms with van der Waals surface area (Å²) in [6.45, 7) is 9.15. The van der Waals surface area contributed by atoms with Crippen LogP contribution in [0.1, 0.15) is 61.5 Å². The molecule has 0 unspecified atom stereocenters. The van der Waals surface area contributed by atoms with E-state index in [-0.39, 0.29) is 11.1 Å². The lowest BCUT2D eigenvalue weighted by molar-refractivity contribution is 0.168. The minimum Gasteiger partial charge on any atom is -0.468 e. The largest absolute Gasteiger partial charge is 0.468 e. The zero-order valence-electron chi connectivity index (χ0n) is 22.0. The van der Waals surface area contributed by atoms with Crippen molar-refractivity contribution in [2.24, 2.45) is 0 Å². The third-order valence-electron chi connectivity index (χ3n) is 7.14. The molecule has 0 aliphatic carbocycles. The van der Waals surface area contributed by atoms with E-state index in [9.17, 15) is 4.79 Å². The van der Waals surface area contributed by atoms with Crippen LogP contribution in [0.3, 0.4) is 0 Å². The van der Waals surface area contributed by atoms with Crippen molar-refractivity contribution in [3.8, 4) is 0 Å². The Bertz CT molecular complexity index is 1610. The van der Waals surface area contributed by atoms with Crippen molar-refractivity contribution in [3.05, 3.63) is 111 Å². The van der Waals surface area contributed by atoms with Gasteiger partial charge in [0.25, 0.3) is 5.56 Å². The van der Waals surface area contributed by atoms with E-state index < -0.39 is 6.04 Å². The van der Waals surface area contributed by atoms with Crippen LogP contribution >= 0.6 is 11.6 Å². The van der Waals surface area contributed by atoms with E-state index in [1.807, 2.05) is 66.2 Å². The van der Waals surface area contributed by atoms with E-state index in [2.05, 4.69) is 52.2 Å². The molecule has 196 valence electrons. The zero-order valence-corrected chi connectivity index (χ0v) is 22.7. The van der Waals surface area contributed by atoms with Gasteiger partial charge in [-0.1, -0.05) is 48.4 Å². The average molecular weight is 531 g/mol. The van der Waals surface area contributed by atoms with E-state index >= 15 is 0 Å². The molecule has 1 N–H and O–H groups in total. The molecular weight excluding hydrogens is 500 g/mol. The maximum absolute atomic E-state index is 13.7. The van der Waals surface area contributed by atoms with Crippen LogP contribution in [0.4, 0.5) is 0 Å². The first-order valence-corrected chi connectivity index (χ1v) is 13.1. The van der Waals surface area contributed by atoms with Crippen LogP contribution in [0.2, 0.25) is 5.02 Å². The number of rotatable bonds is 9. The minimum atomic E-state index is -0.592. The number of H-pyrrole nitrogens is 1. The van der Waals surface area contributed by atoms with Crippen LogP contribution < -0.4 is 5.56 Å². The average Bonchev–Trinajstić information content (AvgIpc) is 3.59. The molecule has 0 amide bonds. The predicted octanol–water partition coefficient (Wildman–Crippen LogP) is 6.01. The van der Waals surface area contributed by atoms with Crippen molar-refractivity contribution < 1.29 is 4.42 Å². The van der Waals surface area contributed by atoms with E-state index in [1.54, 1.807) is 6.26 Å². The number of aromatic nitrogens is 5. The van der Waals surface area contributed by atoms with Crippen LogP contribution in [0.5, 0.6) is 0 Å².